The maximum Gasteiger partial charge on any atom is 0.187 e. The second kappa shape index (κ2) is 29.4. The van der Waals surface area contributed by atoms with Gasteiger partial charge in [-0.3, -0.25) is 0 Å². The minimum atomic E-state index is -0.930. The molecule has 10 nitrogen and oxygen atoms in total. The molecule has 0 N–H and O–H groups in total. The van der Waals surface area contributed by atoms with Gasteiger partial charge in [0.05, 0.1) is 52.9 Å². The van der Waals surface area contributed by atoms with E-state index in [1.54, 1.807) is 0 Å². The molecule has 0 amide bonds. The summed E-state index contributed by atoms with van der Waals surface area (Å²) in [7, 11) is 0. The van der Waals surface area contributed by atoms with E-state index in [2.05, 4.69) is 67.6 Å². The summed E-state index contributed by atoms with van der Waals surface area (Å²) in [6.07, 6.45) is 0.586. The zero-order valence-corrected chi connectivity index (χ0v) is 41.2. The smallest absolute Gasteiger partial charge is 0.187 e. The van der Waals surface area contributed by atoms with Gasteiger partial charge in [-0.25, -0.2) is 0 Å². The van der Waals surface area contributed by atoms with E-state index in [4.69, 9.17) is 47.4 Å². The molecule has 71 heavy (non-hydrogen) atoms. The summed E-state index contributed by atoms with van der Waals surface area (Å²) in [5.41, 5.74) is 6.19. The van der Waals surface area contributed by atoms with Crippen molar-refractivity contribution in [3.05, 3.63) is 215 Å². The summed E-state index contributed by atoms with van der Waals surface area (Å²) >= 11 is 0. The fraction of sp³-hybridized carbons (Fsp3) is 0.410. The molecular formula is C61H72O10. The van der Waals surface area contributed by atoms with Gasteiger partial charge in [0, 0.05) is 6.61 Å². The number of hydrogen-bond acceptors (Lipinski definition) is 10. The molecule has 2 aliphatic rings. The zero-order valence-electron chi connectivity index (χ0n) is 41.2. The molecule has 0 unspecified atom stereocenters. The van der Waals surface area contributed by atoms with Crippen molar-refractivity contribution in [1.82, 2.24) is 0 Å². The summed E-state index contributed by atoms with van der Waals surface area (Å²) in [5, 5.41) is 0. The lowest BCUT2D eigenvalue weighted by Gasteiger charge is -2.32. The van der Waals surface area contributed by atoms with Gasteiger partial charge < -0.3 is 47.4 Å². The Balaban J connectivity index is 1.11. The minimum Gasteiger partial charge on any atom is -0.374 e. The van der Waals surface area contributed by atoms with Crippen molar-refractivity contribution in [1.29, 1.82) is 0 Å². The maximum atomic E-state index is 7.31. The molecule has 376 valence electrons. The molecular weight excluding hydrogens is 893 g/mol. The third kappa shape index (κ3) is 16.7. The Bertz CT molecular complexity index is 2290. The molecule has 0 radical (unpaired) electrons. The fourth-order valence-corrected chi connectivity index (χ4v) is 9.03. The molecule has 2 fully saturated rings. The predicted octanol–water partition coefficient (Wildman–Crippen LogP) is 12.0. The van der Waals surface area contributed by atoms with Crippen LogP contribution in [0.3, 0.4) is 0 Å². The molecule has 2 aliphatic heterocycles. The van der Waals surface area contributed by atoms with Crippen LogP contribution in [0.5, 0.6) is 0 Å². The zero-order chi connectivity index (χ0) is 48.6. The first-order chi connectivity index (χ1) is 35.2. The van der Waals surface area contributed by atoms with E-state index in [-0.39, 0.29) is 13.2 Å². The Morgan fingerprint density at radius 1 is 0.380 bits per heavy atom. The highest BCUT2D eigenvalue weighted by Crippen LogP contribution is 2.36. The van der Waals surface area contributed by atoms with E-state index in [1.807, 2.05) is 121 Å². The van der Waals surface area contributed by atoms with Gasteiger partial charge in [-0.05, 0) is 39.8 Å². The number of unbranched alkanes of at least 4 members (excludes halogenated alkanes) is 5. The fourth-order valence-electron chi connectivity index (χ4n) is 9.03. The van der Waals surface area contributed by atoms with Crippen molar-refractivity contribution in [3.8, 4) is 0 Å². The van der Waals surface area contributed by atoms with Gasteiger partial charge in [0.25, 0.3) is 0 Å². The lowest BCUT2D eigenvalue weighted by molar-refractivity contribution is -0.251. The molecule has 10 heteroatoms. The van der Waals surface area contributed by atoms with E-state index < -0.39 is 55.3 Å². The van der Waals surface area contributed by atoms with Gasteiger partial charge in [0.1, 0.15) is 42.7 Å². The molecule has 0 aromatic heterocycles. The highest BCUT2D eigenvalue weighted by molar-refractivity contribution is 5.18. The average Bonchev–Trinajstić information content (AvgIpc) is 3.94. The molecule has 2 heterocycles. The van der Waals surface area contributed by atoms with Gasteiger partial charge in [-0.15, -0.1) is 0 Å². The van der Waals surface area contributed by atoms with E-state index >= 15 is 0 Å². The Labute approximate surface area is 421 Å². The van der Waals surface area contributed by atoms with E-state index in [9.17, 15) is 0 Å². The van der Waals surface area contributed by atoms with Crippen LogP contribution in [0.1, 0.15) is 78.8 Å². The minimum absolute atomic E-state index is 0.135. The van der Waals surface area contributed by atoms with Crippen LogP contribution in [-0.4, -0.2) is 75.1 Å². The van der Waals surface area contributed by atoms with Gasteiger partial charge in [0.2, 0.25) is 0 Å². The number of hydrogen-bond donors (Lipinski definition) is 0. The molecule has 0 aliphatic carbocycles. The van der Waals surface area contributed by atoms with Gasteiger partial charge in [0.15, 0.2) is 12.6 Å². The van der Waals surface area contributed by atoms with Crippen LogP contribution < -0.4 is 0 Å². The Morgan fingerprint density at radius 2 is 0.775 bits per heavy atom. The molecule has 8 rings (SSSR count). The lowest BCUT2D eigenvalue weighted by Crippen LogP contribution is -2.48. The highest BCUT2D eigenvalue weighted by atomic mass is 16.8. The predicted molar refractivity (Wildman–Crippen MR) is 274 cm³/mol. The van der Waals surface area contributed by atoms with Crippen molar-refractivity contribution in [2.45, 2.75) is 140 Å². The van der Waals surface area contributed by atoms with Crippen molar-refractivity contribution in [2.24, 2.45) is 0 Å². The van der Waals surface area contributed by atoms with Crippen molar-refractivity contribution >= 4 is 0 Å². The average molecular weight is 965 g/mol. The monoisotopic (exact) mass is 965 g/mol. The summed E-state index contributed by atoms with van der Waals surface area (Å²) in [6.45, 7) is 5.19. The quantitative estimate of drug-likeness (QED) is 0.0392. The molecule has 0 saturated carbocycles. The van der Waals surface area contributed by atoms with Gasteiger partial charge in [-0.1, -0.05) is 221 Å². The van der Waals surface area contributed by atoms with Crippen LogP contribution >= 0.6 is 0 Å². The van der Waals surface area contributed by atoms with Crippen LogP contribution in [0.2, 0.25) is 0 Å². The summed E-state index contributed by atoms with van der Waals surface area (Å²) in [5.74, 6) is 0. The number of ether oxygens (including phenoxy) is 10. The van der Waals surface area contributed by atoms with Crippen molar-refractivity contribution < 1.29 is 47.4 Å². The normalized spacial score (nSPS) is 22.4. The molecule has 6 aromatic rings. The van der Waals surface area contributed by atoms with Gasteiger partial charge >= 0.3 is 0 Å². The Morgan fingerprint density at radius 3 is 1.25 bits per heavy atom. The van der Waals surface area contributed by atoms with E-state index in [0.29, 0.717) is 46.2 Å². The summed E-state index contributed by atoms with van der Waals surface area (Å²) < 4.78 is 68.7. The van der Waals surface area contributed by atoms with Crippen LogP contribution in [0.15, 0.2) is 182 Å². The van der Waals surface area contributed by atoms with Crippen LogP contribution in [0, 0.1) is 0 Å². The first-order valence-corrected chi connectivity index (χ1v) is 25.6. The second-order valence-corrected chi connectivity index (χ2v) is 18.4. The summed E-state index contributed by atoms with van der Waals surface area (Å²) in [6, 6.07) is 60.8. The number of rotatable bonds is 31. The Kier molecular flexibility index (Phi) is 21.7. The summed E-state index contributed by atoms with van der Waals surface area (Å²) in [4.78, 5) is 0. The number of benzene rings is 6. The third-order valence-corrected chi connectivity index (χ3v) is 12.9. The van der Waals surface area contributed by atoms with E-state index in [1.165, 1.54) is 25.7 Å². The second-order valence-electron chi connectivity index (χ2n) is 18.4. The Hall–Kier alpha value is -5.08. The van der Waals surface area contributed by atoms with Crippen LogP contribution in [-0.2, 0) is 87.0 Å². The van der Waals surface area contributed by atoms with Crippen molar-refractivity contribution in [3.63, 3.8) is 0 Å². The topological polar surface area (TPSA) is 92.3 Å². The van der Waals surface area contributed by atoms with Crippen molar-refractivity contribution in [2.75, 3.05) is 19.8 Å². The molecule has 6 aromatic carbocycles. The molecule has 0 spiro atoms. The van der Waals surface area contributed by atoms with Crippen LogP contribution in [0.25, 0.3) is 0 Å². The van der Waals surface area contributed by atoms with Gasteiger partial charge in [-0.2, -0.15) is 0 Å². The molecule has 0 bridgehead atoms. The van der Waals surface area contributed by atoms with E-state index in [0.717, 1.165) is 46.2 Å². The largest absolute Gasteiger partial charge is 0.374 e. The maximum absolute atomic E-state index is 7.31. The van der Waals surface area contributed by atoms with Crippen LogP contribution in [0.4, 0.5) is 0 Å². The SMILES string of the molecule is CCCCCCCCO[C@@H]1O[C@@H]([C@H](COCc2ccccc2)O[C@H]2O[C@H](COCc3ccccc3)[C@@H](OCc3ccccc3)[C@@H]2OCc2ccccc2)[C@H](OCc2ccccc2)[C@H]1OCc1ccccc1. The highest BCUT2D eigenvalue weighted by Gasteiger charge is 2.54. The standard InChI is InChI=1S/C61H72O10/c1-2-3-4-5-6-25-38-64-60-59(68-44-52-36-23-12-24-37-52)57(66-42-50-32-19-10-20-33-50)56(71-60)54(46-63-40-48-28-15-8-16-29-48)70-61-58(67-43-51-34-21-11-22-35-51)55(65-41-49-30-17-9-18-31-49)53(69-61)45-62-39-47-26-13-7-14-27-47/h7-24,26-37,53-61H,2-6,25,38-46H2,1H3/t53-,54+,55-,56+,57+,58+,59-,60-,61-/m1/s1. The first kappa shape index (κ1) is 52.2. The lowest BCUT2D eigenvalue weighted by atomic mass is 10.0. The molecule has 9 atom stereocenters. The first-order valence-electron chi connectivity index (χ1n) is 25.6. The molecule has 2 saturated heterocycles. The third-order valence-electron chi connectivity index (χ3n) is 12.9.